The molecule has 2 aliphatic rings. The summed E-state index contributed by atoms with van der Waals surface area (Å²) >= 11 is 1.53. The molecule has 162 valence electrons. The van der Waals surface area contributed by atoms with Crippen LogP contribution < -0.4 is 0 Å². The van der Waals surface area contributed by atoms with E-state index in [4.69, 9.17) is 9.72 Å². The summed E-state index contributed by atoms with van der Waals surface area (Å²) < 4.78 is 18.4. The molecule has 30 heavy (non-hydrogen) atoms. The van der Waals surface area contributed by atoms with Crippen LogP contribution in [0.1, 0.15) is 30.7 Å². The number of amides is 1. The minimum Gasteiger partial charge on any atom is -0.378 e. The summed E-state index contributed by atoms with van der Waals surface area (Å²) in [4.78, 5) is 21.4. The predicted molar refractivity (Wildman–Crippen MR) is 113 cm³/mol. The Morgan fingerprint density at radius 2 is 2.03 bits per heavy atom. The topological polar surface area (TPSA) is 74.3 Å². The molecule has 1 N–H and O–H groups in total. The summed E-state index contributed by atoms with van der Waals surface area (Å²) in [7, 11) is 0. The van der Waals surface area contributed by atoms with Crippen LogP contribution in [0, 0.1) is 11.7 Å². The summed E-state index contributed by atoms with van der Waals surface area (Å²) in [5.74, 6) is 2.23. The summed E-state index contributed by atoms with van der Waals surface area (Å²) in [6, 6.07) is 6.50. The molecule has 1 aromatic heterocycles. The van der Waals surface area contributed by atoms with Crippen LogP contribution in [0.15, 0.2) is 29.4 Å². The van der Waals surface area contributed by atoms with Crippen molar-refractivity contribution >= 4 is 17.7 Å². The molecule has 2 saturated heterocycles. The number of morpholine rings is 1. The van der Waals surface area contributed by atoms with Crippen LogP contribution in [0.5, 0.6) is 0 Å². The van der Waals surface area contributed by atoms with Crippen molar-refractivity contribution in [2.75, 3.05) is 45.9 Å². The molecular weight excluding hydrogens is 405 g/mol. The van der Waals surface area contributed by atoms with Crippen molar-refractivity contribution < 1.29 is 13.9 Å². The molecule has 2 atom stereocenters. The Morgan fingerprint density at radius 3 is 2.80 bits per heavy atom. The zero-order valence-electron chi connectivity index (χ0n) is 17.2. The average Bonchev–Trinajstić information content (AvgIpc) is 3.24. The first-order chi connectivity index (χ1) is 14.6. The molecule has 0 aliphatic carbocycles. The SMILES string of the molecule is CC1CCN(CC(=O)N2CCOCC2)CC1c1nc(SCc2ccc(F)cc2)n[nH]1. The van der Waals surface area contributed by atoms with Crippen LogP contribution in [-0.2, 0) is 15.3 Å². The van der Waals surface area contributed by atoms with Gasteiger partial charge in [-0.15, -0.1) is 5.10 Å². The van der Waals surface area contributed by atoms with Crippen molar-refractivity contribution in [2.45, 2.75) is 30.2 Å². The van der Waals surface area contributed by atoms with Crippen molar-refractivity contribution in [1.29, 1.82) is 0 Å². The average molecular weight is 434 g/mol. The molecule has 1 amide bonds. The lowest BCUT2D eigenvalue weighted by Gasteiger charge is -2.37. The maximum atomic E-state index is 13.0. The number of ether oxygens (including phenoxy) is 1. The molecule has 7 nitrogen and oxygen atoms in total. The molecule has 9 heteroatoms. The largest absolute Gasteiger partial charge is 0.378 e. The zero-order valence-corrected chi connectivity index (χ0v) is 18.0. The normalized spacial score (nSPS) is 22.9. The van der Waals surface area contributed by atoms with Crippen LogP contribution in [0.25, 0.3) is 0 Å². The summed E-state index contributed by atoms with van der Waals surface area (Å²) in [5, 5.41) is 8.17. The number of thioether (sulfide) groups is 1. The maximum Gasteiger partial charge on any atom is 0.236 e. The predicted octanol–water partition coefficient (Wildman–Crippen LogP) is 2.52. The number of carbonyl (C=O) groups excluding carboxylic acids is 1. The Bertz CT molecular complexity index is 840. The Balaban J connectivity index is 1.33. The van der Waals surface area contributed by atoms with E-state index in [1.165, 1.54) is 23.9 Å². The van der Waals surface area contributed by atoms with Gasteiger partial charge in [0.25, 0.3) is 0 Å². The molecule has 0 saturated carbocycles. The second-order valence-electron chi connectivity index (χ2n) is 8.02. The number of H-pyrrole nitrogens is 1. The van der Waals surface area contributed by atoms with Crippen molar-refractivity contribution in [2.24, 2.45) is 5.92 Å². The molecule has 2 aliphatic heterocycles. The molecule has 2 unspecified atom stereocenters. The third-order valence-electron chi connectivity index (χ3n) is 5.88. The van der Waals surface area contributed by atoms with Crippen LogP contribution >= 0.6 is 11.8 Å². The summed E-state index contributed by atoms with van der Waals surface area (Å²) in [6.07, 6.45) is 1.03. The van der Waals surface area contributed by atoms with E-state index >= 15 is 0 Å². The van der Waals surface area contributed by atoms with Gasteiger partial charge in [-0.3, -0.25) is 14.8 Å². The van der Waals surface area contributed by atoms with Gasteiger partial charge < -0.3 is 9.64 Å². The van der Waals surface area contributed by atoms with Gasteiger partial charge in [-0.25, -0.2) is 9.37 Å². The van der Waals surface area contributed by atoms with Gasteiger partial charge in [0, 0.05) is 31.3 Å². The Labute approximate surface area is 180 Å². The number of nitrogens with zero attached hydrogens (tertiary/aromatic N) is 4. The van der Waals surface area contributed by atoms with Gasteiger partial charge in [0.1, 0.15) is 11.6 Å². The first-order valence-electron chi connectivity index (χ1n) is 10.5. The third kappa shape index (κ3) is 5.39. The second kappa shape index (κ2) is 9.89. The van der Waals surface area contributed by atoms with Crippen molar-refractivity contribution in [1.82, 2.24) is 25.0 Å². The molecule has 3 heterocycles. The van der Waals surface area contributed by atoms with E-state index in [0.717, 1.165) is 30.9 Å². The number of benzene rings is 1. The van der Waals surface area contributed by atoms with Gasteiger partial charge in [-0.1, -0.05) is 30.8 Å². The van der Waals surface area contributed by atoms with Crippen molar-refractivity contribution in [3.8, 4) is 0 Å². The fourth-order valence-electron chi connectivity index (χ4n) is 3.96. The highest BCUT2D eigenvalue weighted by Gasteiger charge is 2.31. The summed E-state index contributed by atoms with van der Waals surface area (Å²) in [6.45, 7) is 7.03. The van der Waals surface area contributed by atoms with Gasteiger partial charge in [0.05, 0.1) is 19.8 Å². The third-order valence-corrected chi connectivity index (χ3v) is 6.80. The first-order valence-corrected chi connectivity index (χ1v) is 11.4. The monoisotopic (exact) mass is 433 g/mol. The molecule has 4 rings (SSSR count). The number of hydrogen-bond acceptors (Lipinski definition) is 6. The van der Waals surface area contributed by atoms with Gasteiger partial charge >= 0.3 is 0 Å². The minimum absolute atomic E-state index is 0.180. The minimum atomic E-state index is -0.230. The molecule has 2 aromatic rings. The van der Waals surface area contributed by atoms with Crippen LogP contribution in [0.3, 0.4) is 0 Å². The van der Waals surface area contributed by atoms with E-state index in [0.29, 0.717) is 49.7 Å². The van der Waals surface area contributed by atoms with Crippen LogP contribution in [0.2, 0.25) is 0 Å². The fourth-order valence-corrected chi connectivity index (χ4v) is 4.72. The lowest BCUT2D eigenvalue weighted by Crippen LogP contribution is -2.48. The number of aromatic amines is 1. The van der Waals surface area contributed by atoms with E-state index in [1.54, 1.807) is 12.1 Å². The number of carbonyl (C=O) groups is 1. The van der Waals surface area contributed by atoms with Crippen LogP contribution in [-0.4, -0.2) is 76.8 Å². The van der Waals surface area contributed by atoms with Crippen LogP contribution in [0.4, 0.5) is 4.39 Å². The van der Waals surface area contributed by atoms with Gasteiger partial charge in [-0.2, -0.15) is 0 Å². The van der Waals surface area contributed by atoms with E-state index in [9.17, 15) is 9.18 Å². The first kappa shape index (κ1) is 21.3. The number of nitrogens with one attached hydrogen (secondary N) is 1. The highest BCUT2D eigenvalue weighted by molar-refractivity contribution is 7.98. The number of likely N-dealkylation sites (tertiary alicyclic amines) is 1. The second-order valence-corrected chi connectivity index (χ2v) is 8.96. The highest BCUT2D eigenvalue weighted by atomic mass is 32.2. The maximum absolute atomic E-state index is 13.0. The smallest absolute Gasteiger partial charge is 0.236 e. The van der Waals surface area contributed by atoms with Gasteiger partial charge in [0.2, 0.25) is 11.1 Å². The van der Waals surface area contributed by atoms with Crippen molar-refractivity contribution in [3.05, 3.63) is 41.5 Å². The lowest BCUT2D eigenvalue weighted by molar-refractivity contribution is -0.136. The molecule has 2 fully saturated rings. The lowest BCUT2D eigenvalue weighted by atomic mass is 9.86. The zero-order chi connectivity index (χ0) is 20.9. The number of piperidine rings is 1. The number of aromatic nitrogens is 3. The van der Waals surface area contributed by atoms with Gasteiger partial charge in [0.15, 0.2) is 0 Å². The molecule has 0 bridgehead atoms. The molecule has 0 radical (unpaired) electrons. The number of hydrogen-bond donors (Lipinski definition) is 1. The molecular formula is C21H28FN5O2S. The quantitative estimate of drug-likeness (QED) is 0.706. The number of rotatable bonds is 6. The highest BCUT2D eigenvalue weighted by Crippen LogP contribution is 2.31. The Hall–Kier alpha value is -1.97. The molecule has 0 spiro atoms. The van der Waals surface area contributed by atoms with E-state index in [1.807, 2.05) is 4.90 Å². The Morgan fingerprint density at radius 1 is 1.27 bits per heavy atom. The van der Waals surface area contributed by atoms with Gasteiger partial charge in [-0.05, 0) is 36.6 Å². The van der Waals surface area contributed by atoms with Crippen molar-refractivity contribution in [3.63, 3.8) is 0 Å². The summed E-state index contributed by atoms with van der Waals surface area (Å²) in [5.41, 5.74) is 1.03. The fraction of sp³-hybridized carbons (Fsp3) is 0.571. The Kier molecular flexibility index (Phi) is 7.01. The standard InChI is InChI=1S/C21H28FN5O2S/c1-15-6-7-26(13-19(28)27-8-10-29-11-9-27)12-18(15)20-23-21(25-24-20)30-14-16-2-4-17(22)5-3-16/h2-5,15,18H,6-14H2,1H3,(H,23,24,25). The number of halogens is 1. The molecule has 1 aromatic carbocycles. The van der Waals surface area contributed by atoms with E-state index in [2.05, 4.69) is 22.0 Å². The van der Waals surface area contributed by atoms with E-state index in [-0.39, 0.29) is 17.6 Å². The van der Waals surface area contributed by atoms with E-state index < -0.39 is 0 Å².